The van der Waals surface area contributed by atoms with E-state index in [0.29, 0.717) is 10.9 Å². The van der Waals surface area contributed by atoms with Gasteiger partial charge in [0, 0.05) is 11.9 Å². The van der Waals surface area contributed by atoms with E-state index < -0.39 is 29.6 Å². The van der Waals surface area contributed by atoms with Crippen molar-refractivity contribution in [3.05, 3.63) is 41.8 Å². The second kappa shape index (κ2) is 7.44. The minimum atomic E-state index is -1.16. The SMILES string of the molecule is O=C(NCC(=O)N1CCOC[C@H]1C(=O)O)c1ccc2cc(F)ccc2n1. The summed E-state index contributed by atoms with van der Waals surface area (Å²) in [6.07, 6.45) is 0. The number of nitrogens with one attached hydrogen (secondary N) is 1. The Morgan fingerprint density at radius 1 is 1.31 bits per heavy atom. The molecule has 0 bridgehead atoms. The summed E-state index contributed by atoms with van der Waals surface area (Å²) < 4.78 is 18.2. The number of ether oxygens (including phenoxy) is 1. The highest BCUT2D eigenvalue weighted by atomic mass is 19.1. The first-order chi connectivity index (χ1) is 12.5. The van der Waals surface area contributed by atoms with Crippen LogP contribution in [0.1, 0.15) is 10.5 Å². The Kier molecular flexibility index (Phi) is 5.08. The van der Waals surface area contributed by atoms with Gasteiger partial charge in [0.15, 0.2) is 6.04 Å². The van der Waals surface area contributed by atoms with E-state index in [9.17, 15) is 18.8 Å². The number of hydrogen-bond acceptors (Lipinski definition) is 5. The summed E-state index contributed by atoms with van der Waals surface area (Å²) in [4.78, 5) is 40.9. The molecule has 0 saturated carbocycles. The van der Waals surface area contributed by atoms with Gasteiger partial charge < -0.3 is 20.1 Å². The number of amides is 2. The fraction of sp³-hybridized carbons (Fsp3) is 0.294. The van der Waals surface area contributed by atoms with Gasteiger partial charge in [-0.1, -0.05) is 6.07 Å². The number of carbonyl (C=O) groups excluding carboxylic acids is 2. The van der Waals surface area contributed by atoms with Crippen molar-refractivity contribution in [2.75, 3.05) is 26.3 Å². The maximum Gasteiger partial charge on any atom is 0.328 e. The first-order valence-electron chi connectivity index (χ1n) is 7.90. The Morgan fingerprint density at radius 3 is 2.88 bits per heavy atom. The molecule has 8 nitrogen and oxygen atoms in total. The zero-order valence-corrected chi connectivity index (χ0v) is 13.6. The van der Waals surface area contributed by atoms with E-state index in [1.165, 1.54) is 29.2 Å². The molecule has 0 radical (unpaired) electrons. The molecule has 136 valence electrons. The van der Waals surface area contributed by atoms with Gasteiger partial charge in [0.2, 0.25) is 5.91 Å². The van der Waals surface area contributed by atoms with Gasteiger partial charge >= 0.3 is 5.97 Å². The highest BCUT2D eigenvalue weighted by molar-refractivity contribution is 5.97. The van der Waals surface area contributed by atoms with E-state index in [2.05, 4.69) is 10.3 Å². The van der Waals surface area contributed by atoms with Crippen LogP contribution >= 0.6 is 0 Å². The van der Waals surface area contributed by atoms with E-state index in [-0.39, 0.29) is 32.0 Å². The Balaban J connectivity index is 1.65. The summed E-state index contributed by atoms with van der Waals surface area (Å²) in [5.41, 5.74) is 0.526. The Hall–Kier alpha value is -3.07. The second-order valence-corrected chi connectivity index (χ2v) is 5.73. The maximum atomic E-state index is 13.2. The van der Waals surface area contributed by atoms with Crippen LogP contribution in [0.3, 0.4) is 0 Å². The number of morpholine rings is 1. The number of hydrogen-bond donors (Lipinski definition) is 2. The van der Waals surface area contributed by atoms with Gasteiger partial charge in [0.1, 0.15) is 11.5 Å². The topological polar surface area (TPSA) is 109 Å². The van der Waals surface area contributed by atoms with Crippen LogP contribution in [-0.2, 0) is 14.3 Å². The van der Waals surface area contributed by atoms with Gasteiger partial charge in [-0.3, -0.25) is 9.59 Å². The van der Waals surface area contributed by atoms with Crippen molar-refractivity contribution < 1.29 is 28.6 Å². The number of carbonyl (C=O) groups is 3. The molecule has 1 fully saturated rings. The number of aliphatic carboxylic acids is 1. The van der Waals surface area contributed by atoms with Crippen LogP contribution in [0.4, 0.5) is 4.39 Å². The number of pyridine rings is 1. The summed E-state index contributed by atoms with van der Waals surface area (Å²) in [6, 6.07) is 5.92. The van der Waals surface area contributed by atoms with Crippen LogP contribution in [0.2, 0.25) is 0 Å². The molecular formula is C17H16FN3O5. The molecule has 1 aliphatic heterocycles. The largest absolute Gasteiger partial charge is 0.480 e. The lowest BCUT2D eigenvalue weighted by Gasteiger charge is -2.32. The van der Waals surface area contributed by atoms with E-state index in [1.54, 1.807) is 6.07 Å². The molecule has 9 heteroatoms. The van der Waals surface area contributed by atoms with Crippen molar-refractivity contribution in [3.63, 3.8) is 0 Å². The summed E-state index contributed by atoms with van der Waals surface area (Å²) in [7, 11) is 0. The third kappa shape index (κ3) is 3.77. The van der Waals surface area contributed by atoms with Crippen LogP contribution in [0.25, 0.3) is 10.9 Å². The first-order valence-corrected chi connectivity index (χ1v) is 7.90. The van der Waals surface area contributed by atoms with Crippen LogP contribution in [0, 0.1) is 5.82 Å². The molecule has 2 amide bonds. The molecule has 2 heterocycles. The van der Waals surface area contributed by atoms with Crippen LogP contribution in [0.5, 0.6) is 0 Å². The van der Waals surface area contributed by atoms with Gasteiger partial charge in [-0.2, -0.15) is 0 Å². The summed E-state index contributed by atoms with van der Waals surface area (Å²) in [6.45, 7) is -0.0543. The average Bonchev–Trinajstić information content (AvgIpc) is 2.65. The lowest BCUT2D eigenvalue weighted by Crippen LogP contribution is -2.55. The zero-order valence-electron chi connectivity index (χ0n) is 13.6. The van der Waals surface area contributed by atoms with Crippen LogP contribution in [0.15, 0.2) is 30.3 Å². The van der Waals surface area contributed by atoms with E-state index >= 15 is 0 Å². The molecule has 0 aliphatic carbocycles. The minimum absolute atomic E-state index is 0.0775. The number of nitrogens with zero attached hydrogens (tertiary/aromatic N) is 2. The van der Waals surface area contributed by atoms with Crippen molar-refractivity contribution in [1.29, 1.82) is 0 Å². The number of fused-ring (bicyclic) bond motifs is 1. The quantitative estimate of drug-likeness (QED) is 0.817. The lowest BCUT2D eigenvalue weighted by atomic mass is 10.2. The molecule has 1 atom stereocenters. The molecule has 2 aromatic rings. The van der Waals surface area contributed by atoms with Crippen molar-refractivity contribution in [2.24, 2.45) is 0 Å². The Morgan fingerprint density at radius 2 is 2.12 bits per heavy atom. The number of carboxylic acid groups (broad SMARTS) is 1. The fourth-order valence-electron chi connectivity index (χ4n) is 2.68. The van der Waals surface area contributed by atoms with Crippen molar-refractivity contribution in [1.82, 2.24) is 15.2 Å². The minimum Gasteiger partial charge on any atom is -0.480 e. The number of rotatable bonds is 4. The van der Waals surface area contributed by atoms with Gasteiger partial charge in [0.05, 0.1) is 25.3 Å². The molecule has 1 aliphatic rings. The summed E-state index contributed by atoms with van der Waals surface area (Å²) >= 11 is 0. The number of benzene rings is 1. The van der Waals surface area contributed by atoms with Crippen LogP contribution < -0.4 is 5.32 Å². The lowest BCUT2D eigenvalue weighted by molar-refractivity contribution is -0.157. The predicted octanol–water partition coefficient (Wildman–Crippen LogP) is 0.416. The van der Waals surface area contributed by atoms with Gasteiger partial charge in [-0.15, -0.1) is 0 Å². The molecule has 0 unspecified atom stereocenters. The second-order valence-electron chi connectivity index (χ2n) is 5.73. The standard InChI is InChI=1S/C17H16FN3O5/c18-11-2-4-12-10(7-11)1-3-13(20-12)16(23)19-8-15(22)21-5-6-26-9-14(21)17(24)25/h1-4,7,14H,5-6,8-9H2,(H,19,23)(H,24,25)/t14-/m0/s1. The maximum absolute atomic E-state index is 13.2. The third-order valence-corrected chi connectivity index (χ3v) is 4.02. The summed E-state index contributed by atoms with van der Waals surface area (Å²) in [5.74, 6) is -2.66. The van der Waals surface area contributed by atoms with E-state index in [0.717, 1.165) is 0 Å². The van der Waals surface area contributed by atoms with E-state index in [4.69, 9.17) is 9.84 Å². The fourth-order valence-corrected chi connectivity index (χ4v) is 2.68. The number of halogens is 1. The van der Waals surface area contributed by atoms with E-state index in [1.807, 2.05) is 0 Å². The normalized spacial score (nSPS) is 17.1. The molecule has 1 aromatic carbocycles. The molecular weight excluding hydrogens is 345 g/mol. The third-order valence-electron chi connectivity index (χ3n) is 4.02. The van der Waals surface area contributed by atoms with Crippen LogP contribution in [-0.4, -0.2) is 65.1 Å². The molecule has 26 heavy (non-hydrogen) atoms. The molecule has 0 spiro atoms. The molecule has 3 rings (SSSR count). The predicted molar refractivity (Wildman–Crippen MR) is 88.0 cm³/mol. The smallest absolute Gasteiger partial charge is 0.328 e. The first kappa shape index (κ1) is 17.7. The summed E-state index contributed by atoms with van der Waals surface area (Å²) in [5, 5.41) is 12.1. The monoisotopic (exact) mass is 361 g/mol. The van der Waals surface area contributed by atoms with Crippen molar-refractivity contribution in [3.8, 4) is 0 Å². The van der Waals surface area contributed by atoms with Crippen molar-refractivity contribution >= 4 is 28.7 Å². The molecule has 1 aromatic heterocycles. The number of carboxylic acids is 1. The average molecular weight is 361 g/mol. The van der Waals surface area contributed by atoms with Gasteiger partial charge in [-0.05, 0) is 24.3 Å². The number of aromatic nitrogens is 1. The Bertz CT molecular complexity index is 873. The highest BCUT2D eigenvalue weighted by Gasteiger charge is 2.32. The molecule has 1 saturated heterocycles. The Labute approximate surface area is 147 Å². The molecule has 2 N–H and O–H groups in total. The zero-order chi connectivity index (χ0) is 18.7. The van der Waals surface area contributed by atoms with Gasteiger partial charge in [-0.25, -0.2) is 14.2 Å². The van der Waals surface area contributed by atoms with Crippen molar-refractivity contribution in [2.45, 2.75) is 6.04 Å². The highest BCUT2D eigenvalue weighted by Crippen LogP contribution is 2.14. The van der Waals surface area contributed by atoms with Gasteiger partial charge in [0.25, 0.3) is 5.91 Å².